The Bertz CT molecular complexity index is 1270. The summed E-state index contributed by atoms with van der Waals surface area (Å²) in [5, 5.41) is 0. The zero-order valence-electron chi connectivity index (χ0n) is 17.6. The lowest BCUT2D eigenvalue weighted by atomic mass is 10.2. The second-order valence-corrected chi connectivity index (χ2v) is 7.36. The molecular weight excluding hydrogens is 436 g/mol. The molecule has 0 radical (unpaired) electrons. The minimum absolute atomic E-state index is 0.405. The van der Waals surface area contributed by atoms with E-state index in [-0.39, 0.29) is 0 Å². The van der Waals surface area contributed by atoms with E-state index < -0.39 is 23.6 Å². The number of benzene rings is 3. The number of nitrogens with zero attached hydrogens (tertiary/aromatic N) is 2. The molecule has 4 amide bonds. The summed E-state index contributed by atoms with van der Waals surface area (Å²) in [5.74, 6) is 0.168. The molecule has 5 rings (SSSR count). The van der Waals surface area contributed by atoms with Crippen molar-refractivity contribution in [2.45, 2.75) is 0 Å². The Morgan fingerprint density at radius 2 is 0.765 bits per heavy atom. The van der Waals surface area contributed by atoms with Crippen molar-refractivity contribution in [2.75, 3.05) is 9.80 Å². The predicted molar refractivity (Wildman–Crippen MR) is 123 cm³/mol. The maximum Gasteiger partial charge on any atom is 0.258 e. The Morgan fingerprint density at radius 1 is 0.441 bits per heavy atom. The third kappa shape index (κ3) is 4.07. The zero-order chi connectivity index (χ0) is 23.7. The van der Waals surface area contributed by atoms with Crippen molar-refractivity contribution in [2.24, 2.45) is 0 Å². The molecule has 8 nitrogen and oxygen atoms in total. The van der Waals surface area contributed by atoms with Crippen LogP contribution in [0.4, 0.5) is 11.4 Å². The monoisotopic (exact) mass is 452 g/mol. The highest BCUT2D eigenvalue weighted by Crippen LogP contribution is 2.32. The summed E-state index contributed by atoms with van der Waals surface area (Å²) >= 11 is 0. The van der Waals surface area contributed by atoms with Gasteiger partial charge in [-0.15, -0.1) is 0 Å². The largest absolute Gasteiger partial charge is 0.457 e. The Balaban J connectivity index is 1.33. The van der Waals surface area contributed by atoms with E-state index in [2.05, 4.69) is 0 Å². The predicted octanol–water partition coefficient (Wildman–Crippen LogP) is 4.13. The molecule has 0 bridgehead atoms. The maximum atomic E-state index is 11.9. The molecule has 3 aromatic carbocycles. The number of hydrogen-bond acceptors (Lipinski definition) is 6. The average Bonchev–Trinajstić information content (AvgIpc) is 3.34. The van der Waals surface area contributed by atoms with Crippen LogP contribution in [0.15, 0.2) is 97.1 Å². The third-order valence-corrected chi connectivity index (χ3v) is 5.05. The number of carbonyl (C=O) groups excluding carboxylic acids is 4. The van der Waals surface area contributed by atoms with Gasteiger partial charge in [0.05, 0.1) is 11.4 Å². The van der Waals surface area contributed by atoms with Crippen LogP contribution in [0.25, 0.3) is 0 Å². The van der Waals surface area contributed by atoms with Crippen LogP contribution in [-0.2, 0) is 19.2 Å². The van der Waals surface area contributed by atoms with Crippen molar-refractivity contribution in [1.29, 1.82) is 0 Å². The van der Waals surface area contributed by atoms with Gasteiger partial charge in [0, 0.05) is 42.5 Å². The van der Waals surface area contributed by atoms with E-state index in [0.717, 1.165) is 9.80 Å². The molecule has 2 heterocycles. The average molecular weight is 452 g/mol. The van der Waals surface area contributed by atoms with E-state index in [0.29, 0.717) is 34.4 Å². The van der Waals surface area contributed by atoms with Crippen molar-refractivity contribution < 1.29 is 28.7 Å². The molecule has 0 saturated carbocycles. The SMILES string of the molecule is O=C1C=CC(=O)N1c1cccc(Oc2cccc(Oc3cccc(N4C(=O)C=CC4=O)c3)c2)c1. The number of rotatable bonds is 6. The normalized spacial score (nSPS) is 14.9. The van der Waals surface area contributed by atoms with Crippen LogP contribution in [0.1, 0.15) is 0 Å². The third-order valence-electron chi connectivity index (χ3n) is 5.05. The quantitative estimate of drug-likeness (QED) is 0.522. The smallest absolute Gasteiger partial charge is 0.258 e. The van der Waals surface area contributed by atoms with Crippen LogP contribution >= 0.6 is 0 Å². The first-order valence-electron chi connectivity index (χ1n) is 10.3. The highest BCUT2D eigenvalue weighted by atomic mass is 16.5. The highest BCUT2D eigenvalue weighted by Gasteiger charge is 2.26. The van der Waals surface area contributed by atoms with Crippen LogP contribution in [-0.4, -0.2) is 23.6 Å². The molecule has 0 fully saturated rings. The molecule has 166 valence electrons. The van der Waals surface area contributed by atoms with Gasteiger partial charge in [-0.05, 0) is 36.4 Å². The second-order valence-electron chi connectivity index (χ2n) is 7.36. The fraction of sp³-hybridized carbons (Fsp3) is 0. The van der Waals surface area contributed by atoms with Crippen molar-refractivity contribution in [3.05, 3.63) is 97.1 Å². The number of carbonyl (C=O) groups is 4. The summed E-state index contributed by atoms with van der Waals surface area (Å²) in [4.78, 5) is 49.9. The van der Waals surface area contributed by atoms with Crippen molar-refractivity contribution in [1.82, 2.24) is 0 Å². The first kappa shape index (κ1) is 20.9. The lowest BCUT2D eigenvalue weighted by Gasteiger charge is -2.16. The molecule has 0 aromatic heterocycles. The molecule has 2 aliphatic heterocycles. The Hall–Kier alpha value is -4.98. The van der Waals surface area contributed by atoms with Crippen LogP contribution < -0.4 is 19.3 Å². The van der Waals surface area contributed by atoms with Crippen LogP contribution in [0.2, 0.25) is 0 Å². The lowest BCUT2D eigenvalue weighted by Crippen LogP contribution is -2.29. The minimum atomic E-state index is -0.409. The lowest BCUT2D eigenvalue weighted by molar-refractivity contribution is -0.121. The van der Waals surface area contributed by atoms with Gasteiger partial charge in [-0.25, -0.2) is 9.80 Å². The number of anilines is 2. The van der Waals surface area contributed by atoms with Crippen molar-refractivity contribution in [3.8, 4) is 23.0 Å². The molecular formula is C26H16N2O6. The van der Waals surface area contributed by atoms with Gasteiger partial charge in [0.1, 0.15) is 23.0 Å². The molecule has 34 heavy (non-hydrogen) atoms. The Labute approximate surface area is 193 Å². The number of imide groups is 2. The minimum Gasteiger partial charge on any atom is -0.457 e. The van der Waals surface area contributed by atoms with Gasteiger partial charge in [-0.1, -0.05) is 18.2 Å². The molecule has 8 heteroatoms. The summed E-state index contributed by atoms with van der Waals surface area (Å²) < 4.78 is 11.8. The van der Waals surface area contributed by atoms with Gasteiger partial charge >= 0.3 is 0 Å². The summed E-state index contributed by atoms with van der Waals surface area (Å²) in [5.41, 5.74) is 0.810. The summed E-state index contributed by atoms with van der Waals surface area (Å²) in [6.07, 6.45) is 4.88. The Morgan fingerprint density at radius 3 is 1.15 bits per heavy atom. The molecule has 0 atom stereocenters. The number of hydrogen-bond donors (Lipinski definition) is 0. The summed E-state index contributed by atoms with van der Waals surface area (Å²) in [6.45, 7) is 0. The summed E-state index contributed by atoms with van der Waals surface area (Å²) in [6, 6.07) is 20.1. The topological polar surface area (TPSA) is 93.2 Å². The van der Waals surface area contributed by atoms with E-state index in [1.165, 1.54) is 24.3 Å². The summed E-state index contributed by atoms with van der Waals surface area (Å²) in [7, 11) is 0. The molecule has 0 aliphatic carbocycles. The molecule has 2 aliphatic rings. The molecule has 3 aromatic rings. The highest BCUT2D eigenvalue weighted by molar-refractivity contribution is 6.28. The standard InChI is InChI=1S/C26H16N2O6/c29-23-10-11-24(30)27(23)17-4-1-6-19(14-17)33-21-8-3-9-22(16-21)34-20-7-2-5-18(15-20)28-25(31)12-13-26(28)32/h1-16H. The van der Waals surface area contributed by atoms with Gasteiger partial charge < -0.3 is 9.47 Å². The second kappa shape index (κ2) is 8.51. The molecule has 0 spiro atoms. The van der Waals surface area contributed by atoms with E-state index in [9.17, 15) is 19.2 Å². The fourth-order valence-corrected chi connectivity index (χ4v) is 3.56. The van der Waals surface area contributed by atoms with Crippen molar-refractivity contribution >= 4 is 35.0 Å². The van der Waals surface area contributed by atoms with Gasteiger partial charge in [0.15, 0.2) is 0 Å². The molecule has 0 N–H and O–H groups in total. The van der Waals surface area contributed by atoms with Crippen LogP contribution in [0, 0.1) is 0 Å². The fourth-order valence-electron chi connectivity index (χ4n) is 3.56. The van der Waals surface area contributed by atoms with Gasteiger partial charge in [0.2, 0.25) is 0 Å². The van der Waals surface area contributed by atoms with E-state index in [4.69, 9.17) is 9.47 Å². The first-order valence-corrected chi connectivity index (χ1v) is 10.3. The molecule has 0 saturated heterocycles. The van der Waals surface area contributed by atoms with Crippen LogP contribution in [0.3, 0.4) is 0 Å². The molecule has 0 unspecified atom stereocenters. The van der Waals surface area contributed by atoms with Gasteiger partial charge in [-0.3, -0.25) is 19.2 Å². The number of amides is 4. The van der Waals surface area contributed by atoms with E-state index in [1.807, 2.05) is 0 Å². The number of ether oxygens (including phenoxy) is 2. The van der Waals surface area contributed by atoms with Crippen LogP contribution in [0.5, 0.6) is 23.0 Å². The van der Waals surface area contributed by atoms with Gasteiger partial charge in [0.25, 0.3) is 23.6 Å². The van der Waals surface area contributed by atoms with Crippen molar-refractivity contribution in [3.63, 3.8) is 0 Å². The maximum absolute atomic E-state index is 11.9. The van der Waals surface area contributed by atoms with E-state index in [1.54, 1.807) is 72.8 Å². The first-order chi connectivity index (χ1) is 16.5. The van der Waals surface area contributed by atoms with Gasteiger partial charge in [-0.2, -0.15) is 0 Å². The van der Waals surface area contributed by atoms with E-state index >= 15 is 0 Å². The zero-order valence-corrected chi connectivity index (χ0v) is 17.6. The Kier molecular flexibility index (Phi) is 5.23.